The Bertz CT molecular complexity index is 4650. The Labute approximate surface area is 329 Å². The number of furan rings is 2. The van der Waals surface area contributed by atoms with E-state index in [-0.39, 0.29) is 92.2 Å². The molecular weight excluding hydrogens is 659 g/mol. The van der Waals surface area contributed by atoms with E-state index in [2.05, 4.69) is 9.97 Å². The number of thiophene rings is 1. The summed E-state index contributed by atoms with van der Waals surface area (Å²) >= 11 is 0.910. The maximum Gasteiger partial charge on any atom is 0.180 e. The Kier molecular flexibility index (Phi) is 2.96. The van der Waals surface area contributed by atoms with Crippen LogP contribution in [0.5, 0.6) is 0 Å². The van der Waals surface area contributed by atoms with Crippen molar-refractivity contribution in [1.82, 2.24) is 14.5 Å². The van der Waals surface area contributed by atoms with Crippen LogP contribution in [-0.2, 0) is 0 Å². The van der Waals surface area contributed by atoms with Gasteiger partial charge in [0, 0.05) is 63.9 Å². The average molecular weight is 705 g/mol. The Morgan fingerprint density at radius 2 is 1.37 bits per heavy atom. The second kappa shape index (κ2) is 10.4. The second-order valence-corrected chi connectivity index (χ2v) is 12.8. The molecule has 242 valence electrons. The number of aromatic nitrogens is 3. The molecule has 0 fully saturated rings. The van der Waals surface area contributed by atoms with Crippen molar-refractivity contribution in [2.24, 2.45) is 0 Å². The number of benzene rings is 7. The highest BCUT2D eigenvalue weighted by atomic mass is 32.1. The Morgan fingerprint density at radius 1 is 0.577 bits per heavy atom. The van der Waals surface area contributed by atoms with Crippen molar-refractivity contribution in [2.75, 3.05) is 0 Å². The second-order valence-electron chi connectivity index (χ2n) is 11.7. The molecule has 0 radical (unpaired) electrons. The topological polar surface area (TPSA) is 57.0 Å². The molecule has 5 nitrogen and oxygen atoms in total. The van der Waals surface area contributed by atoms with E-state index >= 15 is 0 Å². The molecule has 0 unspecified atom stereocenters. The standard InChI is InChI=1S/C46H25N3O2S/c1-4-16-36-34(13-1)41-37(21-20-33-31-12-3-6-18-40(31)52-46(33)41)49(36)28-19-22-39-35(24-28)43-45(51-39)42(47-25-48-43)27-10-7-9-26(23-27)29-14-8-15-32-30-11-2-5-17-38(30)50-44(29)32/h1-25H/i1D,2D,3D,4D,5D,6D,7D,8D,9D,10D,11D,12D,13D,14D,15D,16D,17D,18D,20D,21D,23D. The van der Waals surface area contributed by atoms with Crippen molar-refractivity contribution in [2.45, 2.75) is 0 Å². The zero-order chi connectivity index (χ0) is 52.2. The van der Waals surface area contributed by atoms with Crippen molar-refractivity contribution in [3.05, 3.63) is 151 Å². The van der Waals surface area contributed by atoms with Crippen LogP contribution in [0.15, 0.2) is 160 Å². The van der Waals surface area contributed by atoms with E-state index in [4.69, 9.17) is 32.1 Å². The lowest BCUT2D eigenvalue weighted by Crippen LogP contribution is -1.93. The summed E-state index contributed by atoms with van der Waals surface area (Å²) < 4.78 is 200. The first-order valence-corrected chi connectivity index (χ1v) is 16.4. The molecule has 6 heteroatoms. The molecular formula is C46H25N3O2S. The molecule has 7 aromatic carbocycles. The van der Waals surface area contributed by atoms with Gasteiger partial charge in [-0.15, -0.1) is 11.3 Å². The zero-order valence-corrected chi connectivity index (χ0v) is 26.7. The van der Waals surface area contributed by atoms with Crippen LogP contribution in [0, 0.1) is 0 Å². The molecule has 12 aromatic rings. The molecule has 12 rings (SSSR count). The van der Waals surface area contributed by atoms with Gasteiger partial charge in [0.25, 0.3) is 0 Å². The van der Waals surface area contributed by atoms with Gasteiger partial charge in [-0.1, -0.05) is 96.7 Å². The summed E-state index contributed by atoms with van der Waals surface area (Å²) in [6.45, 7) is 0. The van der Waals surface area contributed by atoms with Crippen LogP contribution in [0.4, 0.5) is 0 Å². The predicted molar refractivity (Wildman–Crippen MR) is 215 cm³/mol. The molecule has 0 N–H and O–H groups in total. The first-order valence-electron chi connectivity index (χ1n) is 26.1. The normalized spacial score (nSPS) is 17.9. The van der Waals surface area contributed by atoms with Gasteiger partial charge in [-0.25, -0.2) is 9.97 Å². The maximum absolute atomic E-state index is 9.59. The lowest BCUT2D eigenvalue weighted by Gasteiger charge is -2.08. The highest BCUT2D eigenvalue weighted by Crippen LogP contribution is 2.44. The Morgan fingerprint density at radius 3 is 2.33 bits per heavy atom. The minimum Gasteiger partial charge on any atom is -0.455 e. The van der Waals surface area contributed by atoms with E-state index in [1.54, 1.807) is 0 Å². The van der Waals surface area contributed by atoms with E-state index in [1.165, 1.54) is 22.8 Å². The Hall–Kier alpha value is -6.76. The van der Waals surface area contributed by atoms with Crippen LogP contribution in [0.1, 0.15) is 28.8 Å². The lowest BCUT2D eigenvalue weighted by molar-refractivity contribution is 0.667. The lowest BCUT2D eigenvalue weighted by atomic mass is 9.99. The summed E-state index contributed by atoms with van der Waals surface area (Å²) in [5.74, 6) is 0. The molecule has 0 aliphatic heterocycles. The summed E-state index contributed by atoms with van der Waals surface area (Å²) in [7, 11) is 0. The summed E-state index contributed by atoms with van der Waals surface area (Å²) in [5, 5.41) is -0.252. The third-order valence-corrected chi connectivity index (χ3v) is 10.1. The first kappa shape index (κ1) is 14.8. The number of fused-ring (bicyclic) bond motifs is 13. The molecule has 52 heavy (non-hydrogen) atoms. The molecule has 0 aliphatic carbocycles. The summed E-state index contributed by atoms with van der Waals surface area (Å²) in [6.07, 6.45) is 1.08. The summed E-state index contributed by atoms with van der Waals surface area (Å²) in [6, 6.07) is -7.93. The van der Waals surface area contributed by atoms with Crippen LogP contribution in [0.2, 0.25) is 0 Å². The summed E-state index contributed by atoms with van der Waals surface area (Å²) in [5.41, 5.74) is -2.34. The predicted octanol–water partition coefficient (Wildman–Crippen LogP) is 13.1. The largest absolute Gasteiger partial charge is 0.455 e. The molecule has 5 heterocycles. The fourth-order valence-corrected chi connectivity index (χ4v) is 7.92. The van der Waals surface area contributed by atoms with E-state index in [0.717, 1.165) is 17.7 Å². The smallest absolute Gasteiger partial charge is 0.180 e. The maximum atomic E-state index is 9.59. The third-order valence-electron chi connectivity index (χ3n) is 9.01. The molecule has 0 bridgehead atoms. The van der Waals surface area contributed by atoms with Gasteiger partial charge in [-0.05, 0) is 54.0 Å². The van der Waals surface area contributed by atoms with E-state index in [9.17, 15) is 5.48 Å². The molecule has 0 saturated carbocycles. The number of hydrogen-bond acceptors (Lipinski definition) is 5. The SMILES string of the molecule is [2H]c1c([2H])c(-c2ncnc3c2oc2ccc(-n4c5c([2H])c([2H])c([2H])c([2H])c5c5c6sc7c([2H])c([2H])c([2H])c([2H])c7c6c([2H])c([2H])c54)cc23)c([2H])c(-c2c([2H])c([2H])c([2H])c3c2oc2c([2H])c([2H])c([2H])c([2H])c23)c1[2H]. The number of para-hydroxylation sites is 3. The van der Waals surface area contributed by atoms with Gasteiger partial charge in [0.1, 0.15) is 34.3 Å². The fraction of sp³-hybridized carbons (Fsp3) is 0. The quantitative estimate of drug-likeness (QED) is 0.184. The van der Waals surface area contributed by atoms with Gasteiger partial charge >= 0.3 is 0 Å². The van der Waals surface area contributed by atoms with Gasteiger partial charge < -0.3 is 13.4 Å². The molecule has 0 atom stereocenters. The number of rotatable bonds is 3. The van der Waals surface area contributed by atoms with Crippen molar-refractivity contribution < 1.29 is 37.6 Å². The van der Waals surface area contributed by atoms with Crippen LogP contribution in [0.3, 0.4) is 0 Å². The van der Waals surface area contributed by atoms with Gasteiger partial charge in [0.15, 0.2) is 5.58 Å². The third kappa shape index (κ3) is 3.81. The highest BCUT2D eigenvalue weighted by molar-refractivity contribution is 7.26. The van der Waals surface area contributed by atoms with Crippen LogP contribution in [-0.4, -0.2) is 14.5 Å². The first-order chi connectivity index (χ1) is 34.5. The van der Waals surface area contributed by atoms with Crippen molar-refractivity contribution in [1.29, 1.82) is 0 Å². The molecule has 0 spiro atoms. The van der Waals surface area contributed by atoms with Crippen molar-refractivity contribution >= 4 is 97.3 Å². The van der Waals surface area contributed by atoms with E-state index in [1.807, 2.05) is 0 Å². The van der Waals surface area contributed by atoms with E-state index in [0.29, 0.717) is 0 Å². The van der Waals surface area contributed by atoms with E-state index < -0.39 is 149 Å². The Balaban J connectivity index is 1.14. The highest BCUT2D eigenvalue weighted by Gasteiger charge is 2.20. The van der Waals surface area contributed by atoms with Crippen molar-refractivity contribution in [3.8, 4) is 28.1 Å². The van der Waals surface area contributed by atoms with Gasteiger partial charge in [-0.2, -0.15) is 0 Å². The van der Waals surface area contributed by atoms with Crippen LogP contribution >= 0.6 is 11.3 Å². The van der Waals surface area contributed by atoms with Crippen LogP contribution < -0.4 is 0 Å². The van der Waals surface area contributed by atoms with Gasteiger partial charge in [0.2, 0.25) is 0 Å². The molecule has 0 saturated heterocycles. The minimum atomic E-state index is -0.762. The molecule has 0 amide bonds. The molecule has 0 aliphatic rings. The summed E-state index contributed by atoms with van der Waals surface area (Å²) in [4.78, 5) is 8.84. The van der Waals surface area contributed by atoms with Crippen LogP contribution in [0.25, 0.3) is 114 Å². The van der Waals surface area contributed by atoms with Gasteiger partial charge in [-0.3, -0.25) is 0 Å². The minimum absolute atomic E-state index is 0.00399. The fourth-order valence-electron chi connectivity index (χ4n) is 6.80. The van der Waals surface area contributed by atoms with Crippen molar-refractivity contribution in [3.63, 3.8) is 0 Å². The number of nitrogens with zero attached hydrogens (tertiary/aromatic N) is 3. The monoisotopic (exact) mass is 704 g/mol. The van der Waals surface area contributed by atoms with Gasteiger partial charge in [0.05, 0.1) is 39.8 Å². The average Bonchev–Trinajstić information content (AvgIpc) is 4.18. The molecule has 5 aromatic heterocycles. The zero-order valence-electron chi connectivity index (χ0n) is 46.9. The number of hydrogen-bond donors (Lipinski definition) is 0.